The standard InChI is InChI=1S/C8H21NOSi2/c9-7(11)3-5-8(12)4-1-2-6-10-8/h7H,1-6,9H2,11-12H3. The summed E-state index contributed by atoms with van der Waals surface area (Å²) in [5.74, 6) is 0. The zero-order chi connectivity index (χ0) is 9.03. The van der Waals surface area contributed by atoms with Crippen LogP contribution in [-0.2, 0) is 4.74 Å². The van der Waals surface area contributed by atoms with E-state index in [1.165, 1.54) is 42.3 Å². The van der Waals surface area contributed by atoms with Gasteiger partial charge in [0.1, 0.15) is 0 Å². The highest BCUT2D eigenvalue weighted by Gasteiger charge is 2.27. The van der Waals surface area contributed by atoms with Gasteiger partial charge < -0.3 is 10.5 Å². The van der Waals surface area contributed by atoms with Crippen LogP contribution < -0.4 is 5.73 Å². The van der Waals surface area contributed by atoms with Crippen LogP contribution in [0.25, 0.3) is 0 Å². The molecule has 0 aromatic carbocycles. The van der Waals surface area contributed by atoms with Crippen LogP contribution in [0.1, 0.15) is 32.1 Å². The molecule has 1 aliphatic heterocycles. The Hall–Kier alpha value is 0.354. The van der Waals surface area contributed by atoms with E-state index in [0.29, 0.717) is 10.9 Å². The van der Waals surface area contributed by atoms with E-state index < -0.39 is 0 Å². The molecule has 4 heteroatoms. The fourth-order valence-corrected chi connectivity index (χ4v) is 2.86. The molecule has 0 spiro atoms. The van der Waals surface area contributed by atoms with E-state index in [4.69, 9.17) is 10.5 Å². The third-order valence-corrected chi connectivity index (χ3v) is 4.55. The maximum atomic E-state index is 5.84. The Balaban J connectivity index is 2.26. The van der Waals surface area contributed by atoms with E-state index in [0.717, 1.165) is 16.8 Å². The average Bonchev–Trinajstić information content (AvgIpc) is 2.03. The number of rotatable bonds is 3. The first-order chi connectivity index (χ1) is 5.62. The van der Waals surface area contributed by atoms with Gasteiger partial charge in [-0.2, -0.15) is 0 Å². The zero-order valence-electron chi connectivity index (χ0n) is 8.31. The number of nitrogens with two attached hydrogens (primary N) is 1. The lowest BCUT2D eigenvalue weighted by Gasteiger charge is -2.34. The minimum atomic E-state index is 0.292. The lowest BCUT2D eigenvalue weighted by atomic mass is 10.0. The molecule has 1 fully saturated rings. The van der Waals surface area contributed by atoms with Crippen molar-refractivity contribution < 1.29 is 4.74 Å². The summed E-state index contributed by atoms with van der Waals surface area (Å²) < 4.78 is 5.84. The van der Waals surface area contributed by atoms with Gasteiger partial charge in [-0.05, 0) is 37.8 Å². The first kappa shape index (κ1) is 10.4. The molecule has 0 amide bonds. The van der Waals surface area contributed by atoms with Gasteiger partial charge in [0.05, 0.1) is 0 Å². The molecule has 1 heterocycles. The van der Waals surface area contributed by atoms with E-state index in [-0.39, 0.29) is 0 Å². The van der Waals surface area contributed by atoms with Crippen LogP contribution in [0.4, 0.5) is 0 Å². The number of hydrogen-bond acceptors (Lipinski definition) is 2. The van der Waals surface area contributed by atoms with Crippen LogP contribution in [0, 0.1) is 0 Å². The Morgan fingerprint density at radius 2 is 2.25 bits per heavy atom. The van der Waals surface area contributed by atoms with Crippen LogP contribution in [0.3, 0.4) is 0 Å². The third kappa shape index (κ3) is 3.39. The van der Waals surface area contributed by atoms with Crippen LogP contribution in [0.5, 0.6) is 0 Å². The molecule has 0 saturated carbocycles. The molecule has 2 atom stereocenters. The van der Waals surface area contributed by atoms with Gasteiger partial charge >= 0.3 is 0 Å². The van der Waals surface area contributed by atoms with Crippen molar-refractivity contribution in [2.45, 2.75) is 43.0 Å². The monoisotopic (exact) mass is 203 g/mol. The fourth-order valence-electron chi connectivity index (χ4n) is 1.72. The van der Waals surface area contributed by atoms with Gasteiger partial charge in [-0.25, -0.2) is 0 Å². The molecule has 2 nitrogen and oxygen atoms in total. The van der Waals surface area contributed by atoms with Gasteiger partial charge in [-0.3, -0.25) is 0 Å². The van der Waals surface area contributed by atoms with Gasteiger partial charge in [0.25, 0.3) is 0 Å². The molecule has 0 aromatic rings. The van der Waals surface area contributed by atoms with Gasteiger partial charge in [-0.1, -0.05) is 0 Å². The Morgan fingerprint density at radius 1 is 1.50 bits per heavy atom. The van der Waals surface area contributed by atoms with Crippen molar-refractivity contribution in [1.82, 2.24) is 0 Å². The van der Waals surface area contributed by atoms with Gasteiger partial charge in [0, 0.05) is 32.3 Å². The Kier molecular flexibility index (Phi) is 3.96. The summed E-state index contributed by atoms with van der Waals surface area (Å²) in [6, 6.07) is 0. The largest absolute Gasteiger partial charge is 0.380 e. The van der Waals surface area contributed by atoms with Crippen LogP contribution in [0.15, 0.2) is 0 Å². The molecule has 0 bridgehead atoms. The predicted molar refractivity (Wildman–Crippen MR) is 59.6 cm³/mol. The van der Waals surface area contributed by atoms with E-state index in [9.17, 15) is 0 Å². The minimum Gasteiger partial charge on any atom is -0.380 e. The van der Waals surface area contributed by atoms with Crippen LogP contribution >= 0.6 is 0 Å². The highest BCUT2D eigenvalue weighted by molar-refractivity contribution is 6.14. The topological polar surface area (TPSA) is 35.2 Å². The maximum absolute atomic E-state index is 5.84. The first-order valence-electron chi connectivity index (χ1n) is 5.02. The molecule has 1 saturated heterocycles. The van der Waals surface area contributed by atoms with E-state index in [2.05, 4.69) is 0 Å². The van der Waals surface area contributed by atoms with E-state index >= 15 is 0 Å². The quantitative estimate of drug-likeness (QED) is 0.578. The summed E-state index contributed by atoms with van der Waals surface area (Å²) in [5.41, 5.74) is 6.26. The van der Waals surface area contributed by atoms with Crippen molar-refractivity contribution in [3.63, 3.8) is 0 Å². The Morgan fingerprint density at radius 3 is 2.75 bits per heavy atom. The molecule has 0 radical (unpaired) electrons. The second-order valence-electron chi connectivity index (χ2n) is 4.27. The zero-order valence-corrected chi connectivity index (χ0v) is 12.3. The molecule has 0 aliphatic carbocycles. The van der Waals surface area contributed by atoms with Gasteiger partial charge in [0.2, 0.25) is 0 Å². The Bertz CT molecular complexity index is 135. The van der Waals surface area contributed by atoms with Crippen molar-refractivity contribution in [3.8, 4) is 0 Å². The summed E-state index contributed by atoms with van der Waals surface area (Å²) in [4.78, 5) is 0. The first-order valence-corrected chi connectivity index (χ1v) is 7.17. The molecule has 12 heavy (non-hydrogen) atoms. The molecular formula is C8H21NOSi2. The van der Waals surface area contributed by atoms with Crippen LogP contribution in [0.2, 0.25) is 0 Å². The molecule has 1 rings (SSSR count). The number of ether oxygens (including phenoxy) is 1. The van der Waals surface area contributed by atoms with E-state index in [1.54, 1.807) is 0 Å². The molecule has 0 aromatic heterocycles. The summed E-state index contributed by atoms with van der Waals surface area (Å²) in [5, 5.41) is 0.292. The lowest BCUT2D eigenvalue weighted by molar-refractivity contribution is -0.0237. The van der Waals surface area contributed by atoms with E-state index in [1.807, 2.05) is 0 Å². The van der Waals surface area contributed by atoms with Crippen molar-refractivity contribution in [2.24, 2.45) is 5.73 Å². The summed E-state index contributed by atoms with van der Waals surface area (Å²) in [7, 11) is 2.30. The molecule has 1 aliphatic rings. The lowest BCUT2D eigenvalue weighted by Crippen LogP contribution is -2.38. The van der Waals surface area contributed by atoms with Crippen LogP contribution in [-0.4, -0.2) is 38.0 Å². The summed E-state index contributed by atoms with van der Waals surface area (Å²) in [6.45, 7) is 0.986. The summed E-state index contributed by atoms with van der Waals surface area (Å²) >= 11 is 0. The Labute approximate surface area is 81.1 Å². The normalized spacial score (nSPS) is 33.8. The molecule has 2 unspecified atom stereocenters. The van der Waals surface area contributed by atoms with Gasteiger partial charge in [-0.15, -0.1) is 0 Å². The second kappa shape index (κ2) is 4.55. The molecule has 2 N–H and O–H groups in total. The van der Waals surface area contributed by atoms with Gasteiger partial charge in [0.15, 0.2) is 0 Å². The highest BCUT2D eigenvalue weighted by Crippen LogP contribution is 2.26. The van der Waals surface area contributed by atoms with Crippen molar-refractivity contribution in [2.75, 3.05) is 6.61 Å². The average molecular weight is 203 g/mol. The predicted octanol–water partition coefficient (Wildman–Crippen LogP) is -1.32. The SMILES string of the molecule is NC([SiH3])CCC1([SiH3])CCCCO1. The molecule has 72 valence electrons. The molecular weight excluding hydrogens is 182 g/mol. The third-order valence-electron chi connectivity index (χ3n) is 2.68. The smallest absolute Gasteiger partial charge is 0.0486 e. The van der Waals surface area contributed by atoms with Crippen molar-refractivity contribution in [3.05, 3.63) is 0 Å². The number of hydrogen-bond donors (Lipinski definition) is 1. The summed E-state index contributed by atoms with van der Waals surface area (Å²) in [6.07, 6.45) is 6.30. The second-order valence-corrected chi connectivity index (χ2v) is 7.58. The maximum Gasteiger partial charge on any atom is 0.0486 e. The van der Waals surface area contributed by atoms with Crippen molar-refractivity contribution >= 4 is 20.5 Å². The van der Waals surface area contributed by atoms with Crippen molar-refractivity contribution in [1.29, 1.82) is 0 Å². The highest BCUT2D eigenvalue weighted by atomic mass is 28.1. The minimum absolute atomic E-state index is 0.292. The fraction of sp³-hybridized carbons (Fsp3) is 1.00.